The molecule has 0 heterocycles. The molecule has 22 atom stereocenters. The van der Waals surface area contributed by atoms with Crippen LogP contribution in [0.25, 0.3) is 0 Å². The third-order valence-corrected chi connectivity index (χ3v) is 24.1. The molecule has 14 fully saturated rings. The fourth-order valence-corrected chi connectivity index (χ4v) is 21.3. The van der Waals surface area contributed by atoms with Gasteiger partial charge in [0.05, 0.1) is 11.2 Å². The van der Waals surface area contributed by atoms with Crippen LogP contribution in [0.3, 0.4) is 0 Å². The third kappa shape index (κ3) is 7.33. The van der Waals surface area contributed by atoms with Gasteiger partial charge in [0.1, 0.15) is 11.6 Å². The summed E-state index contributed by atoms with van der Waals surface area (Å²) in [7, 11) is 0. The molecule has 14 saturated carbocycles. The number of carbonyl (C=O) groups excluding carboxylic acids is 2. The van der Waals surface area contributed by atoms with Gasteiger partial charge in [0.15, 0.2) is 0 Å². The molecule has 6 heteroatoms. The molecule has 0 radical (unpaired) electrons. The van der Waals surface area contributed by atoms with Crippen LogP contribution in [0.1, 0.15) is 201 Å². The average Bonchev–Trinajstić information content (AvgIpc) is 3.46. The molecule has 14 aliphatic carbocycles. The Morgan fingerprint density at radius 1 is 0.547 bits per heavy atom. The Balaban J connectivity index is 0.000000139. The second-order valence-electron chi connectivity index (χ2n) is 27.1. The van der Waals surface area contributed by atoms with Crippen molar-refractivity contribution in [3.63, 3.8) is 0 Å². The number of ketones is 2. The molecule has 358 valence electrons. The number of halogens is 1. The molecular formula is C58H93ClMgO4. The molecular weight excluding hydrogens is 820 g/mol. The van der Waals surface area contributed by atoms with E-state index >= 15 is 0 Å². The van der Waals surface area contributed by atoms with Crippen LogP contribution in [0, 0.1) is 139 Å². The zero-order chi connectivity index (χ0) is 44.1. The van der Waals surface area contributed by atoms with Gasteiger partial charge in [0.25, 0.3) is 0 Å². The average molecular weight is 914 g/mol. The maximum atomic E-state index is 11.8. The number of hydrogen-bond acceptors (Lipinski definition) is 4. The predicted molar refractivity (Wildman–Crippen MR) is 264 cm³/mol. The first-order valence-electron chi connectivity index (χ1n) is 26.8. The Labute approximate surface area is 415 Å². The molecule has 0 amide bonds. The Bertz CT molecular complexity index is 1850. The van der Waals surface area contributed by atoms with Crippen molar-refractivity contribution < 1.29 is 22.7 Å². The van der Waals surface area contributed by atoms with E-state index in [9.17, 15) is 19.8 Å². The van der Waals surface area contributed by atoms with E-state index in [4.69, 9.17) is 11.6 Å². The smallest absolute Gasteiger partial charge is 1.00 e. The van der Waals surface area contributed by atoms with Crippen LogP contribution in [-0.2, 0) is 9.59 Å². The molecule has 0 aromatic carbocycles. The van der Waals surface area contributed by atoms with Crippen LogP contribution in [0.5, 0.6) is 0 Å². The second kappa shape index (κ2) is 17.3. The van der Waals surface area contributed by atoms with E-state index < -0.39 is 0 Å². The van der Waals surface area contributed by atoms with Gasteiger partial charge in [-0.05, 0) is 233 Å². The first-order valence-corrected chi connectivity index (χ1v) is 27.2. The quantitative estimate of drug-likeness (QED) is 0.214. The molecule has 64 heavy (non-hydrogen) atoms. The van der Waals surface area contributed by atoms with Crippen molar-refractivity contribution in [3.05, 3.63) is 0 Å². The number of carbonyl (C=O) groups is 2. The van der Waals surface area contributed by atoms with Gasteiger partial charge in [0, 0.05) is 34.5 Å². The monoisotopic (exact) mass is 913 g/mol. The van der Waals surface area contributed by atoms with Crippen molar-refractivity contribution in [1.82, 2.24) is 0 Å². The van der Waals surface area contributed by atoms with Crippen molar-refractivity contribution in [3.8, 4) is 11.3 Å². The Morgan fingerprint density at radius 3 is 1.52 bits per heavy atom. The molecule has 8 bridgehead atoms. The van der Waals surface area contributed by atoms with Crippen LogP contribution in [0.2, 0.25) is 0 Å². The summed E-state index contributed by atoms with van der Waals surface area (Å²) in [5, 5.41) is 24.4. The summed E-state index contributed by atoms with van der Waals surface area (Å²) in [6, 6.07) is 0. The van der Waals surface area contributed by atoms with E-state index in [-0.39, 0.29) is 66.2 Å². The standard InChI is InChI=1S/2C15H24O.2C12H18O.C3H3Cl.CH4.Mg.2H/c1-9-3-6-12-10-7-14(2,13(9)12)15(16,8-10)11-4-5-11;1-9-5-12-10-7-14(2,13(12)6-9)15(16,8-10)11-3-4-11;1-7-3-9-8-5-11(13)12(2,6-8)10(9)4-7;1-7-3-4-9-8-5-10(13)12(2,6-8)11(7)9;1-2-3-4;;;;/h2*9-13,16H,3-8H2,1-2H3;7-10H,3-6H2,1-2H3;7-9,11H,3-6H2,1-2H3;1H3;1H4;;;/q;;;;;;+2;2*-1. The van der Waals surface area contributed by atoms with Crippen LogP contribution >= 0.6 is 11.6 Å². The summed E-state index contributed by atoms with van der Waals surface area (Å²) in [6.45, 7) is 20.6. The Kier molecular flexibility index (Phi) is 13.6. The summed E-state index contributed by atoms with van der Waals surface area (Å²) in [6.07, 6.45) is 25.6. The van der Waals surface area contributed by atoms with E-state index in [1.165, 1.54) is 103 Å². The van der Waals surface area contributed by atoms with E-state index in [0.717, 1.165) is 120 Å². The molecule has 14 aliphatic rings. The minimum atomic E-state index is -0.266. The zero-order valence-corrected chi connectivity index (χ0v) is 43.5. The molecule has 2 N–H and O–H groups in total. The van der Waals surface area contributed by atoms with Gasteiger partial charge in [0.2, 0.25) is 0 Å². The van der Waals surface area contributed by atoms with Gasteiger partial charge in [-0.2, -0.15) is 0 Å². The normalized spacial score (nSPS) is 56.1. The summed E-state index contributed by atoms with van der Waals surface area (Å²) in [5.41, 5.74) is 0.249. The molecule has 0 aromatic rings. The predicted octanol–water partition coefficient (Wildman–Crippen LogP) is 13.4. The first-order chi connectivity index (χ1) is 29.3. The van der Waals surface area contributed by atoms with Gasteiger partial charge in [-0.3, -0.25) is 9.59 Å². The largest absolute Gasteiger partial charge is 2.00 e. The number of aliphatic hydroxyl groups is 2. The van der Waals surface area contributed by atoms with E-state index in [0.29, 0.717) is 23.4 Å². The Morgan fingerprint density at radius 2 is 0.969 bits per heavy atom. The van der Waals surface area contributed by atoms with Crippen molar-refractivity contribution in [1.29, 1.82) is 0 Å². The van der Waals surface area contributed by atoms with E-state index in [1.54, 1.807) is 6.92 Å². The van der Waals surface area contributed by atoms with Crippen LogP contribution in [0.15, 0.2) is 0 Å². The molecule has 4 nitrogen and oxygen atoms in total. The molecule has 14 rings (SSSR count). The van der Waals surface area contributed by atoms with Crippen molar-refractivity contribution in [2.24, 2.45) is 128 Å². The minimum Gasteiger partial charge on any atom is -1.00 e. The van der Waals surface area contributed by atoms with Crippen LogP contribution in [0.4, 0.5) is 0 Å². The van der Waals surface area contributed by atoms with Crippen molar-refractivity contribution in [2.75, 3.05) is 0 Å². The van der Waals surface area contributed by atoms with Gasteiger partial charge < -0.3 is 13.1 Å². The molecule has 0 saturated heterocycles. The number of Topliss-reactive ketones (excluding diaryl/α,β-unsaturated/α-hetero) is 2. The maximum Gasteiger partial charge on any atom is 2.00 e. The van der Waals surface area contributed by atoms with Crippen molar-refractivity contribution in [2.45, 2.75) is 209 Å². The second-order valence-corrected chi connectivity index (χ2v) is 27.3. The van der Waals surface area contributed by atoms with Crippen LogP contribution in [-0.4, -0.2) is 56.0 Å². The fraction of sp³-hybridized carbons (Fsp3) is 0.931. The minimum absolute atomic E-state index is 0. The van der Waals surface area contributed by atoms with Gasteiger partial charge in [-0.25, -0.2) is 0 Å². The topological polar surface area (TPSA) is 74.6 Å². The van der Waals surface area contributed by atoms with Crippen molar-refractivity contribution >= 4 is 46.2 Å². The molecule has 0 spiro atoms. The third-order valence-electron chi connectivity index (χ3n) is 23.9. The first kappa shape index (κ1) is 50.3. The molecule has 22 unspecified atom stereocenters. The Hall–Kier alpha value is -0.124. The summed E-state index contributed by atoms with van der Waals surface area (Å²) < 4.78 is 0. The number of fused-ring (bicyclic) bond motifs is 20. The summed E-state index contributed by atoms with van der Waals surface area (Å²) >= 11 is 4.82. The van der Waals surface area contributed by atoms with Gasteiger partial charge >= 0.3 is 23.1 Å². The maximum absolute atomic E-state index is 11.8. The van der Waals surface area contributed by atoms with E-state index in [1.807, 2.05) is 0 Å². The van der Waals surface area contributed by atoms with Gasteiger partial charge in [-0.15, -0.1) is 0 Å². The summed E-state index contributed by atoms with van der Waals surface area (Å²) in [4.78, 5) is 23.7. The SMILES string of the molecule is C.CC#CCl.CC1CC2C3CC(=O)C(C)(C3)C2C1.CC1CC2C3CC(C)(C2C1)C(O)(C1CC1)C3.CC1CCC2C3CC(=O)C(C)(C3)C12.CC1CCC2C3CC(C)(C12)C(O)(C1CC1)C3.[H-].[H-].[Mg+2]. The zero-order valence-electron chi connectivity index (χ0n) is 43.3. The van der Waals surface area contributed by atoms with Gasteiger partial charge in [-0.1, -0.05) is 81.6 Å². The summed E-state index contributed by atoms with van der Waals surface area (Å²) in [5.74, 6) is 18.6. The molecule has 0 aromatic heterocycles. The number of rotatable bonds is 2. The van der Waals surface area contributed by atoms with E-state index in [2.05, 4.69) is 66.7 Å². The fourth-order valence-electron chi connectivity index (χ4n) is 21.3. The molecule has 0 aliphatic heterocycles. The number of hydrogen-bond donors (Lipinski definition) is 2. The van der Waals surface area contributed by atoms with Crippen LogP contribution < -0.4 is 0 Å².